The molecule has 2 N–H and O–H groups in total. The molecule has 0 aliphatic carbocycles. The molecule has 0 unspecified atom stereocenters. The number of carbonyl (C=O) groups excluding carboxylic acids is 2. The number of aliphatic hydroxyl groups is 1. The van der Waals surface area contributed by atoms with E-state index in [1.165, 1.54) is 0 Å². The van der Waals surface area contributed by atoms with Crippen LogP contribution in [0.25, 0.3) is 6.08 Å². The predicted molar refractivity (Wildman–Crippen MR) is 127 cm³/mol. The number of aliphatic imine (C=N–C) groups is 1. The Bertz CT molecular complexity index is 1140. The molecule has 9 heteroatoms. The van der Waals surface area contributed by atoms with Gasteiger partial charge in [-0.15, -0.1) is 0 Å². The van der Waals surface area contributed by atoms with Gasteiger partial charge in [0, 0.05) is 5.56 Å². The molecule has 0 bridgehead atoms. The van der Waals surface area contributed by atoms with Crippen molar-refractivity contribution in [3.63, 3.8) is 0 Å². The summed E-state index contributed by atoms with van der Waals surface area (Å²) in [7, 11) is 0. The lowest BCUT2D eigenvalue weighted by atomic mass is 10.1. The number of aromatic hydroxyl groups is 1. The van der Waals surface area contributed by atoms with Gasteiger partial charge in [0.1, 0.15) is 16.4 Å². The van der Waals surface area contributed by atoms with E-state index in [1.54, 1.807) is 62.4 Å². The Hall–Kier alpha value is -3.04. The van der Waals surface area contributed by atoms with Crippen LogP contribution in [-0.4, -0.2) is 40.3 Å². The normalized spacial score (nSPS) is 16.0. The zero-order chi connectivity index (χ0) is 23.3. The SMILES string of the molecule is CCOC(=O)C1=C(O)/C(=C/c2cc(Br)c(O)c(OCC)c2)SC1=NC(=O)c1ccccc1. The number of esters is 1. The molecule has 7 nitrogen and oxygen atoms in total. The molecule has 1 aliphatic heterocycles. The number of hydrogen-bond acceptors (Lipinski definition) is 7. The number of halogens is 1. The van der Waals surface area contributed by atoms with Crippen molar-refractivity contribution >= 4 is 50.7 Å². The first-order chi connectivity index (χ1) is 15.3. The van der Waals surface area contributed by atoms with E-state index in [0.29, 0.717) is 27.1 Å². The third kappa shape index (κ3) is 5.23. The summed E-state index contributed by atoms with van der Waals surface area (Å²) >= 11 is 4.25. The van der Waals surface area contributed by atoms with Crippen molar-refractivity contribution in [1.29, 1.82) is 0 Å². The number of phenolic OH excluding ortho intramolecular Hbond substituents is 1. The molecule has 0 radical (unpaired) electrons. The highest BCUT2D eigenvalue weighted by atomic mass is 79.9. The minimum Gasteiger partial charge on any atom is -0.506 e. The summed E-state index contributed by atoms with van der Waals surface area (Å²) in [5.41, 5.74) is 0.769. The Morgan fingerprint density at radius 1 is 1.12 bits per heavy atom. The standard InChI is InChI=1S/C23H20BrNO6S/c1-3-30-16-11-13(10-15(24)19(16)26)12-17-20(27)18(23(29)31-4-2)22(32-17)25-21(28)14-8-6-5-7-9-14/h5-12,26-27H,3-4H2,1-2H3/b17-12-,25-22?. The first kappa shape index (κ1) is 23.6. The van der Waals surface area contributed by atoms with Crippen molar-refractivity contribution in [3.8, 4) is 11.5 Å². The highest BCUT2D eigenvalue weighted by Gasteiger charge is 2.34. The van der Waals surface area contributed by atoms with Gasteiger partial charge in [-0.1, -0.05) is 30.0 Å². The lowest BCUT2D eigenvalue weighted by molar-refractivity contribution is -0.138. The van der Waals surface area contributed by atoms with E-state index in [9.17, 15) is 19.8 Å². The number of hydrogen-bond donors (Lipinski definition) is 2. The summed E-state index contributed by atoms with van der Waals surface area (Å²) < 4.78 is 10.9. The molecule has 0 saturated heterocycles. The Labute approximate surface area is 197 Å². The molecule has 166 valence electrons. The van der Waals surface area contributed by atoms with E-state index < -0.39 is 11.9 Å². The summed E-state index contributed by atoms with van der Waals surface area (Å²) in [5.74, 6) is -1.44. The van der Waals surface area contributed by atoms with Crippen molar-refractivity contribution in [2.45, 2.75) is 13.8 Å². The second-order valence-electron chi connectivity index (χ2n) is 6.43. The monoisotopic (exact) mass is 517 g/mol. The Morgan fingerprint density at radius 3 is 2.50 bits per heavy atom. The number of thioether (sulfide) groups is 1. The summed E-state index contributed by atoms with van der Waals surface area (Å²) in [6, 6.07) is 11.6. The molecular formula is C23H20BrNO6S. The van der Waals surface area contributed by atoms with Crippen LogP contribution in [0.5, 0.6) is 11.5 Å². The summed E-state index contributed by atoms with van der Waals surface area (Å²) in [6.07, 6.45) is 1.60. The number of rotatable bonds is 6. The third-order valence-electron chi connectivity index (χ3n) is 4.24. The number of aliphatic hydroxyl groups excluding tert-OH is 1. The lowest BCUT2D eigenvalue weighted by Crippen LogP contribution is -2.14. The zero-order valence-corrected chi connectivity index (χ0v) is 19.7. The number of benzene rings is 2. The number of nitrogens with zero attached hydrogens (tertiary/aromatic N) is 1. The number of amides is 1. The second kappa shape index (κ2) is 10.5. The summed E-state index contributed by atoms with van der Waals surface area (Å²) in [6.45, 7) is 3.88. The molecule has 0 aromatic heterocycles. The van der Waals surface area contributed by atoms with E-state index in [0.717, 1.165) is 11.8 Å². The maximum atomic E-state index is 12.6. The number of phenols is 1. The van der Waals surface area contributed by atoms with Crippen LogP contribution in [0.15, 0.2) is 68.2 Å². The predicted octanol–water partition coefficient (Wildman–Crippen LogP) is 5.26. The van der Waals surface area contributed by atoms with Gasteiger partial charge >= 0.3 is 5.97 Å². The largest absolute Gasteiger partial charge is 0.506 e. The van der Waals surface area contributed by atoms with Crippen LogP contribution in [0.4, 0.5) is 0 Å². The van der Waals surface area contributed by atoms with Crippen LogP contribution in [0, 0.1) is 0 Å². The van der Waals surface area contributed by atoms with Crippen molar-refractivity contribution < 1.29 is 29.3 Å². The molecule has 1 aliphatic rings. The van der Waals surface area contributed by atoms with Crippen molar-refractivity contribution in [1.82, 2.24) is 0 Å². The molecule has 0 saturated carbocycles. The maximum absolute atomic E-state index is 12.6. The van der Waals surface area contributed by atoms with Crippen LogP contribution in [-0.2, 0) is 9.53 Å². The summed E-state index contributed by atoms with van der Waals surface area (Å²) in [4.78, 5) is 29.4. The highest BCUT2D eigenvalue weighted by Crippen LogP contribution is 2.41. The van der Waals surface area contributed by atoms with Gasteiger partial charge in [-0.2, -0.15) is 0 Å². The summed E-state index contributed by atoms with van der Waals surface area (Å²) in [5, 5.41) is 20.9. The van der Waals surface area contributed by atoms with E-state index in [1.807, 2.05) is 0 Å². The van der Waals surface area contributed by atoms with Crippen molar-refractivity contribution in [2.75, 3.05) is 13.2 Å². The Morgan fingerprint density at radius 2 is 1.84 bits per heavy atom. The molecule has 1 heterocycles. The van der Waals surface area contributed by atoms with Crippen LogP contribution in [0.1, 0.15) is 29.8 Å². The Kier molecular flexibility index (Phi) is 7.76. The average Bonchev–Trinajstić information content (AvgIpc) is 3.07. The molecular weight excluding hydrogens is 498 g/mol. The van der Waals surface area contributed by atoms with Crippen LogP contribution < -0.4 is 4.74 Å². The van der Waals surface area contributed by atoms with Gasteiger partial charge in [0.15, 0.2) is 11.5 Å². The first-order valence-electron chi connectivity index (χ1n) is 9.69. The fraction of sp³-hybridized carbons (Fsp3) is 0.174. The molecule has 2 aromatic rings. The topological polar surface area (TPSA) is 105 Å². The van der Waals surface area contributed by atoms with Crippen LogP contribution in [0.3, 0.4) is 0 Å². The fourth-order valence-corrected chi connectivity index (χ4v) is 4.30. The molecule has 0 fully saturated rings. The van der Waals surface area contributed by atoms with E-state index in [-0.39, 0.29) is 34.5 Å². The fourth-order valence-electron chi connectivity index (χ4n) is 2.82. The minimum absolute atomic E-state index is 0.0453. The van der Waals surface area contributed by atoms with Crippen molar-refractivity contribution in [3.05, 3.63) is 74.3 Å². The number of carbonyl (C=O) groups is 2. The zero-order valence-electron chi connectivity index (χ0n) is 17.3. The van der Waals surface area contributed by atoms with Gasteiger partial charge in [0.25, 0.3) is 5.91 Å². The lowest BCUT2D eigenvalue weighted by Gasteiger charge is -2.09. The molecule has 1 amide bonds. The van der Waals surface area contributed by atoms with E-state index in [4.69, 9.17) is 9.47 Å². The minimum atomic E-state index is -0.776. The highest BCUT2D eigenvalue weighted by molar-refractivity contribution is 9.10. The third-order valence-corrected chi connectivity index (χ3v) is 5.87. The smallest absolute Gasteiger partial charge is 0.344 e. The van der Waals surface area contributed by atoms with Crippen molar-refractivity contribution in [2.24, 2.45) is 4.99 Å². The van der Waals surface area contributed by atoms with Crippen LogP contribution >= 0.6 is 27.7 Å². The van der Waals surface area contributed by atoms with Gasteiger partial charge in [0.05, 0.1) is 22.6 Å². The van der Waals surface area contributed by atoms with Gasteiger partial charge < -0.3 is 19.7 Å². The van der Waals surface area contributed by atoms with E-state index >= 15 is 0 Å². The quantitative estimate of drug-likeness (QED) is 0.503. The molecule has 3 rings (SSSR count). The molecule has 0 atom stereocenters. The molecule has 32 heavy (non-hydrogen) atoms. The van der Waals surface area contributed by atoms with Crippen LogP contribution in [0.2, 0.25) is 0 Å². The maximum Gasteiger partial charge on any atom is 0.344 e. The van der Waals surface area contributed by atoms with Gasteiger partial charge in [-0.05, 0) is 65.7 Å². The molecule has 2 aromatic carbocycles. The van der Waals surface area contributed by atoms with Gasteiger partial charge in [-0.25, -0.2) is 9.79 Å². The number of ether oxygens (including phenoxy) is 2. The van der Waals surface area contributed by atoms with Gasteiger partial charge in [0.2, 0.25) is 0 Å². The second-order valence-corrected chi connectivity index (χ2v) is 8.31. The Balaban J connectivity index is 2.04. The van der Waals surface area contributed by atoms with Gasteiger partial charge in [-0.3, -0.25) is 4.79 Å². The molecule has 0 spiro atoms. The van der Waals surface area contributed by atoms with E-state index in [2.05, 4.69) is 20.9 Å². The first-order valence-corrected chi connectivity index (χ1v) is 11.3. The average molecular weight is 518 g/mol.